The zero-order valence-corrected chi connectivity index (χ0v) is 13.6. The third-order valence-electron chi connectivity index (χ3n) is 3.43. The van der Waals surface area contributed by atoms with Gasteiger partial charge in [0.15, 0.2) is 0 Å². The Hall–Kier alpha value is -1.83. The molecule has 9 heteroatoms. The summed E-state index contributed by atoms with van der Waals surface area (Å²) in [7, 11) is 0. The smallest absolute Gasteiger partial charge is 0.394 e. The fraction of sp³-hybridized carbons (Fsp3) is 0.467. The molecule has 0 fully saturated rings. The predicted molar refractivity (Wildman–Crippen MR) is 79.0 cm³/mol. The van der Waals surface area contributed by atoms with E-state index in [2.05, 4.69) is 5.32 Å². The van der Waals surface area contributed by atoms with Crippen molar-refractivity contribution >= 4 is 23.5 Å². The van der Waals surface area contributed by atoms with Crippen LogP contribution in [0.2, 0.25) is 5.02 Å². The number of alkyl halides is 3. The van der Waals surface area contributed by atoms with E-state index in [0.717, 1.165) is 19.9 Å². The Morgan fingerprint density at radius 3 is 2.33 bits per heavy atom. The summed E-state index contributed by atoms with van der Waals surface area (Å²) in [5.74, 6) is -3.11. The van der Waals surface area contributed by atoms with E-state index in [1.807, 2.05) is 0 Å². The number of aliphatic carboxylic acids is 1. The molecule has 0 aliphatic heterocycles. The highest BCUT2D eigenvalue weighted by Gasteiger charge is 2.48. The number of benzene rings is 1. The second kappa shape index (κ2) is 7.38. The average molecular weight is 370 g/mol. The zero-order valence-electron chi connectivity index (χ0n) is 12.9. The molecule has 134 valence electrons. The molecule has 1 atom stereocenters. The normalized spacial score (nSPS) is 13.5. The standard InChI is InChI=1S/C15H16ClF4NO3/c1-14(2,15(18,19)20)7-12(22)21-11(6-13(23)24)8-3-4-9(16)10(17)5-8/h3-5,11H,6-7H2,1-2H3,(H,21,22)(H,23,24). The number of hydrogen-bond donors (Lipinski definition) is 2. The molecule has 1 aromatic rings. The Balaban J connectivity index is 2.96. The van der Waals surface area contributed by atoms with Crippen LogP contribution in [0, 0.1) is 11.2 Å². The fourth-order valence-electron chi connectivity index (χ4n) is 1.90. The van der Waals surface area contributed by atoms with Crippen molar-refractivity contribution in [2.45, 2.75) is 38.9 Å². The number of carboxylic acids is 1. The van der Waals surface area contributed by atoms with Gasteiger partial charge in [0, 0.05) is 6.42 Å². The summed E-state index contributed by atoms with van der Waals surface area (Å²) >= 11 is 5.53. The molecule has 0 aromatic heterocycles. The van der Waals surface area contributed by atoms with Crippen LogP contribution < -0.4 is 5.32 Å². The van der Waals surface area contributed by atoms with Gasteiger partial charge in [-0.2, -0.15) is 13.2 Å². The molecule has 0 saturated carbocycles. The Morgan fingerprint density at radius 1 is 1.29 bits per heavy atom. The number of halogens is 5. The van der Waals surface area contributed by atoms with Gasteiger partial charge in [-0.15, -0.1) is 0 Å². The third kappa shape index (κ3) is 5.36. The van der Waals surface area contributed by atoms with E-state index < -0.39 is 48.2 Å². The Labute approximate surface area is 140 Å². The van der Waals surface area contributed by atoms with Gasteiger partial charge >= 0.3 is 12.1 Å². The number of rotatable bonds is 6. The van der Waals surface area contributed by atoms with Gasteiger partial charge < -0.3 is 10.4 Å². The molecule has 1 amide bonds. The van der Waals surface area contributed by atoms with E-state index in [0.29, 0.717) is 0 Å². The maximum Gasteiger partial charge on any atom is 0.394 e. The van der Waals surface area contributed by atoms with Crippen molar-refractivity contribution in [1.29, 1.82) is 0 Å². The summed E-state index contributed by atoms with van der Waals surface area (Å²) in [6.07, 6.45) is -6.10. The first-order valence-electron chi connectivity index (χ1n) is 6.86. The largest absolute Gasteiger partial charge is 0.481 e. The topological polar surface area (TPSA) is 66.4 Å². The van der Waals surface area contributed by atoms with Crippen molar-refractivity contribution in [3.8, 4) is 0 Å². The summed E-state index contributed by atoms with van der Waals surface area (Å²) < 4.78 is 52.0. The molecule has 0 saturated heterocycles. The Morgan fingerprint density at radius 2 is 1.88 bits per heavy atom. The van der Waals surface area contributed by atoms with Crippen molar-refractivity contribution in [3.63, 3.8) is 0 Å². The SMILES string of the molecule is CC(C)(CC(=O)NC(CC(=O)O)c1ccc(Cl)c(F)c1)C(F)(F)F. The molecule has 1 unspecified atom stereocenters. The molecule has 0 aliphatic rings. The van der Waals surface area contributed by atoms with Gasteiger partial charge in [-0.05, 0) is 17.7 Å². The van der Waals surface area contributed by atoms with Gasteiger partial charge in [0.2, 0.25) is 5.91 Å². The van der Waals surface area contributed by atoms with Gasteiger partial charge in [0.05, 0.1) is 22.9 Å². The maximum absolute atomic E-state index is 13.5. The van der Waals surface area contributed by atoms with Crippen molar-refractivity contribution in [1.82, 2.24) is 5.32 Å². The molecule has 0 bridgehead atoms. The molecular weight excluding hydrogens is 354 g/mol. The van der Waals surface area contributed by atoms with E-state index >= 15 is 0 Å². The van der Waals surface area contributed by atoms with Gasteiger partial charge in [0.25, 0.3) is 0 Å². The monoisotopic (exact) mass is 369 g/mol. The van der Waals surface area contributed by atoms with Gasteiger partial charge in [-0.3, -0.25) is 9.59 Å². The van der Waals surface area contributed by atoms with Crippen molar-refractivity contribution in [2.24, 2.45) is 5.41 Å². The lowest BCUT2D eigenvalue weighted by Crippen LogP contribution is -2.39. The van der Waals surface area contributed by atoms with E-state index in [1.165, 1.54) is 12.1 Å². The summed E-state index contributed by atoms with van der Waals surface area (Å²) in [6.45, 7) is 1.72. The molecule has 1 aromatic carbocycles. The lowest BCUT2D eigenvalue weighted by atomic mass is 9.88. The van der Waals surface area contributed by atoms with Crippen LogP contribution in [0.4, 0.5) is 17.6 Å². The molecule has 0 aliphatic carbocycles. The second-order valence-electron chi connectivity index (χ2n) is 5.95. The summed E-state index contributed by atoms with van der Waals surface area (Å²) in [5, 5.41) is 10.9. The second-order valence-corrected chi connectivity index (χ2v) is 6.36. The summed E-state index contributed by atoms with van der Waals surface area (Å²) in [4.78, 5) is 22.8. The zero-order chi connectivity index (χ0) is 18.7. The van der Waals surface area contributed by atoms with Crippen LogP contribution in [0.3, 0.4) is 0 Å². The highest BCUT2D eigenvalue weighted by molar-refractivity contribution is 6.30. The number of carbonyl (C=O) groups is 2. The maximum atomic E-state index is 13.5. The summed E-state index contributed by atoms with van der Waals surface area (Å²) in [6, 6.07) is 2.23. The molecule has 4 nitrogen and oxygen atoms in total. The van der Waals surface area contributed by atoms with Crippen LogP contribution >= 0.6 is 11.6 Å². The number of carboxylic acid groups (broad SMARTS) is 1. The first-order chi connectivity index (χ1) is 10.8. The molecular formula is C15H16ClF4NO3. The number of hydrogen-bond acceptors (Lipinski definition) is 2. The molecule has 24 heavy (non-hydrogen) atoms. The minimum absolute atomic E-state index is 0.0949. The van der Waals surface area contributed by atoms with E-state index in [4.69, 9.17) is 16.7 Å². The quantitative estimate of drug-likeness (QED) is 0.742. The first kappa shape index (κ1) is 20.2. The van der Waals surface area contributed by atoms with Crippen LogP contribution in [-0.2, 0) is 9.59 Å². The molecule has 0 radical (unpaired) electrons. The lowest BCUT2D eigenvalue weighted by Gasteiger charge is -2.28. The summed E-state index contributed by atoms with van der Waals surface area (Å²) in [5.41, 5.74) is -2.19. The average Bonchev–Trinajstić information content (AvgIpc) is 2.38. The molecule has 1 rings (SSSR count). The highest BCUT2D eigenvalue weighted by Crippen LogP contribution is 2.40. The van der Waals surface area contributed by atoms with Gasteiger partial charge in [-0.25, -0.2) is 4.39 Å². The highest BCUT2D eigenvalue weighted by atomic mass is 35.5. The third-order valence-corrected chi connectivity index (χ3v) is 3.74. The van der Waals surface area contributed by atoms with E-state index in [-0.39, 0.29) is 10.6 Å². The van der Waals surface area contributed by atoms with E-state index in [9.17, 15) is 27.2 Å². The number of carbonyl (C=O) groups excluding carboxylic acids is 1. The van der Waals surface area contributed by atoms with Crippen molar-refractivity contribution in [3.05, 3.63) is 34.6 Å². The minimum atomic E-state index is -4.60. The van der Waals surface area contributed by atoms with Crippen LogP contribution in [0.25, 0.3) is 0 Å². The number of nitrogens with one attached hydrogen (secondary N) is 1. The van der Waals surface area contributed by atoms with Crippen LogP contribution in [0.1, 0.15) is 38.3 Å². The number of amides is 1. The van der Waals surface area contributed by atoms with Gasteiger partial charge in [0.1, 0.15) is 5.82 Å². The molecule has 0 spiro atoms. The molecule has 2 N–H and O–H groups in total. The van der Waals surface area contributed by atoms with Crippen LogP contribution in [0.15, 0.2) is 18.2 Å². The van der Waals surface area contributed by atoms with Gasteiger partial charge in [-0.1, -0.05) is 31.5 Å². The first-order valence-corrected chi connectivity index (χ1v) is 7.24. The van der Waals surface area contributed by atoms with Crippen LogP contribution in [-0.4, -0.2) is 23.2 Å². The van der Waals surface area contributed by atoms with E-state index in [1.54, 1.807) is 0 Å². The fourth-order valence-corrected chi connectivity index (χ4v) is 2.02. The minimum Gasteiger partial charge on any atom is -0.481 e. The van der Waals surface area contributed by atoms with Crippen molar-refractivity contribution < 1.29 is 32.3 Å². The molecule has 0 heterocycles. The van der Waals surface area contributed by atoms with Crippen LogP contribution in [0.5, 0.6) is 0 Å². The predicted octanol–water partition coefficient (Wildman–Crippen LogP) is 4.09. The van der Waals surface area contributed by atoms with Crippen molar-refractivity contribution in [2.75, 3.05) is 0 Å². The lowest BCUT2D eigenvalue weighted by molar-refractivity contribution is -0.213. The Bertz CT molecular complexity index is 632. The Kier molecular flexibility index (Phi) is 6.21.